The second-order valence-electron chi connectivity index (χ2n) is 3.91. The van der Waals surface area contributed by atoms with E-state index in [9.17, 15) is 9.59 Å². The first kappa shape index (κ1) is 13.6. The van der Waals surface area contributed by atoms with E-state index in [0.717, 1.165) is 9.88 Å². The van der Waals surface area contributed by atoms with E-state index in [0.29, 0.717) is 6.54 Å². The number of thiazole rings is 1. The van der Waals surface area contributed by atoms with Crippen LogP contribution >= 0.6 is 11.3 Å². The SMILES string of the molecule is Cc1cnc(C(C)CNC(=O)CCC(=O)O)s1. The summed E-state index contributed by atoms with van der Waals surface area (Å²) in [6, 6.07) is 0. The molecule has 6 heteroatoms. The van der Waals surface area contributed by atoms with Gasteiger partial charge in [0.2, 0.25) is 5.91 Å². The number of nitrogens with zero attached hydrogens (tertiary/aromatic N) is 1. The topological polar surface area (TPSA) is 79.3 Å². The second kappa shape index (κ2) is 6.34. The van der Waals surface area contributed by atoms with Crippen molar-refractivity contribution in [2.45, 2.75) is 32.6 Å². The zero-order valence-corrected chi connectivity index (χ0v) is 10.7. The quantitative estimate of drug-likeness (QED) is 0.809. The van der Waals surface area contributed by atoms with Gasteiger partial charge < -0.3 is 10.4 Å². The molecule has 0 saturated carbocycles. The number of hydrogen-bond donors (Lipinski definition) is 2. The molecule has 0 fully saturated rings. The Kier molecular flexibility index (Phi) is 5.09. The summed E-state index contributed by atoms with van der Waals surface area (Å²) in [6.07, 6.45) is 1.71. The van der Waals surface area contributed by atoms with Gasteiger partial charge in [-0.1, -0.05) is 6.92 Å². The molecule has 0 aliphatic heterocycles. The van der Waals surface area contributed by atoms with Gasteiger partial charge in [0.15, 0.2) is 0 Å². The fourth-order valence-electron chi connectivity index (χ4n) is 1.26. The minimum Gasteiger partial charge on any atom is -0.481 e. The van der Waals surface area contributed by atoms with Crippen molar-refractivity contribution >= 4 is 23.2 Å². The molecule has 17 heavy (non-hydrogen) atoms. The van der Waals surface area contributed by atoms with Crippen LogP contribution in [-0.2, 0) is 9.59 Å². The molecule has 0 aliphatic rings. The van der Waals surface area contributed by atoms with Crippen LogP contribution in [0.2, 0.25) is 0 Å². The van der Waals surface area contributed by atoms with Crippen molar-refractivity contribution in [3.63, 3.8) is 0 Å². The van der Waals surface area contributed by atoms with Gasteiger partial charge >= 0.3 is 5.97 Å². The molecule has 0 aliphatic carbocycles. The first-order chi connectivity index (χ1) is 7.99. The van der Waals surface area contributed by atoms with Gasteiger partial charge in [-0.2, -0.15) is 0 Å². The Morgan fingerprint density at radius 2 is 2.24 bits per heavy atom. The molecule has 0 radical (unpaired) electrons. The van der Waals surface area contributed by atoms with E-state index >= 15 is 0 Å². The number of carbonyl (C=O) groups excluding carboxylic acids is 1. The van der Waals surface area contributed by atoms with Crippen LogP contribution in [-0.4, -0.2) is 28.5 Å². The predicted octanol–water partition coefficient (Wildman–Crippen LogP) is 1.54. The minimum atomic E-state index is -0.955. The lowest BCUT2D eigenvalue weighted by Crippen LogP contribution is -2.27. The maximum atomic E-state index is 11.3. The van der Waals surface area contributed by atoms with Crippen LogP contribution in [0.3, 0.4) is 0 Å². The average molecular weight is 256 g/mol. The molecular weight excluding hydrogens is 240 g/mol. The standard InChI is InChI=1S/C11H16N2O3S/c1-7(11-13-6-8(2)17-11)5-12-9(14)3-4-10(15)16/h6-7H,3-5H2,1-2H3,(H,12,14)(H,15,16). The zero-order valence-electron chi connectivity index (χ0n) is 9.90. The van der Waals surface area contributed by atoms with Gasteiger partial charge in [-0.3, -0.25) is 9.59 Å². The normalized spacial score (nSPS) is 12.1. The summed E-state index contributed by atoms with van der Waals surface area (Å²) in [5.41, 5.74) is 0. The van der Waals surface area contributed by atoms with Crippen molar-refractivity contribution in [2.24, 2.45) is 0 Å². The molecule has 0 aromatic carbocycles. The highest BCUT2D eigenvalue weighted by Crippen LogP contribution is 2.20. The van der Waals surface area contributed by atoms with E-state index in [1.807, 2.05) is 20.0 Å². The molecule has 0 spiro atoms. The summed E-state index contributed by atoms with van der Waals surface area (Å²) < 4.78 is 0. The summed E-state index contributed by atoms with van der Waals surface area (Å²) in [4.78, 5) is 27.0. The summed E-state index contributed by atoms with van der Waals surface area (Å²) in [5.74, 6) is -1.03. The Bertz CT molecular complexity index is 403. The molecule has 0 saturated heterocycles. The summed E-state index contributed by atoms with van der Waals surface area (Å²) in [7, 11) is 0. The van der Waals surface area contributed by atoms with Crippen LogP contribution in [0.1, 0.15) is 35.6 Å². The van der Waals surface area contributed by atoms with Crippen molar-refractivity contribution in [1.82, 2.24) is 10.3 Å². The largest absolute Gasteiger partial charge is 0.481 e. The Morgan fingerprint density at radius 1 is 1.53 bits per heavy atom. The molecule has 1 rings (SSSR count). The number of aromatic nitrogens is 1. The lowest BCUT2D eigenvalue weighted by atomic mass is 10.2. The monoisotopic (exact) mass is 256 g/mol. The van der Waals surface area contributed by atoms with Gasteiger partial charge in [0.05, 0.1) is 11.4 Å². The summed E-state index contributed by atoms with van der Waals surface area (Å²) in [6.45, 7) is 4.46. The Morgan fingerprint density at radius 3 is 2.76 bits per heavy atom. The van der Waals surface area contributed by atoms with Gasteiger partial charge in [0.1, 0.15) is 0 Å². The van der Waals surface area contributed by atoms with Crippen LogP contribution < -0.4 is 5.32 Å². The number of carbonyl (C=O) groups is 2. The highest BCUT2D eigenvalue weighted by molar-refractivity contribution is 7.11. The number of rotatable bonds is 6. The van der Waals surface area contributed by atoms with Gasteiger partial charge in [-0.25, -0.2) is 4.98 Å². The fourth-order valence-corrected chi connectivity index (χ4v) is 2.09. The molecule has 1 amide bonds. The zero-order chi connectivity index (χ0) is 12.8. The van der Waals surface area contributed by atoms with Gasteiger partial charge in [-0.15, -0.1) is 11.3 Å². The number of amides is 1. The van der Waals surface area contributed by atoms with Crippen LogP contribution in [0.25, 0.3) is 0 Å². The van der Waals surface area contributed by atoms with Crippen molar-refractivity contribution in [3.8, 4) is 0 Å². The highest BCUT2D eigenvalue weighted by Gasteiger charge is 2.11. The van der Waals surface area contributed by atoms with Crippen molar-refractivity contribution < 1.29 is 14.7 Å². The van der Waals surface area contributed by atoms with E-state index in [2.05, 4.69) is 10.3 Å². The number of carboxylic acids is 1. The van der Waals surface area contributed by atoms with E-state index in [-0.39, 0.29) is 24.7 Å². The molecule has 1 unspecified atom stereocenters. The lowest BCUT2D eigenvalue weighted by molar-refractivity contribution is -0.138. The molecule has 1 aromatic rings. The Balaban J connectivity index is 2.30. The van der Waals surface area contributed by atoms with E-state index in [1.165, 1.54) is 0 Å². The van der Waals surface area contributed by atoms with E-state index in [1.54, 1.807) is 11.3 Å². The van der Waals surface area contributed by atoms with E-state index in [4.69, 9.17) is 5.11 Å². The number of hydrogen-bond acceptors (Lipinski definition) is 4. The Hall–Kier alpha value is -1.43. The third-order valence-corrected chi connectivity index (χ3v) is 3.38. The van der Waals surface area contributed by atoms with Gasteiger partial charge in [0, 0.05) is 30.0 Å². The van der Waals surface area contributed by atoms with Gasteiger partial charge in [0.25, 0.3) is 0 Å². The molecule has 1 atom stereocenters. The van der Waals surface area contributed by atoms with Crippen molar-refractivity contribution in [1.29, 1.82) is 0 Å². The Labute approximate surface area is 104 Å². The first-order valence-corrected chi connectivity index (χ1v) is 6.21. The number of carboxylic acid groups (broad SMARTS) is 1. The number of aryl methyl sites for hydroxylation is 1. The number of aliphatic carboxylic acids is 1. The van der Waals surface area contributed by atoms with Crippen LogP contribution in [0, 0.1) is 6.92 Å². The molecular formula is C11H16N2O3S. The third kappa shape index (κ3) is 4.95. The molecule has 2 N–H and O–H groups in total. The summed E-state index contributed by atoms with van der Waals surface area (Å²) in [5, 5.41) is 12.1. The van der Waals surface area contributed by atoms with Crippen LogP contribution in [0.5, 0.6) is 0 Å². The summed E-state index contributed by atoms with van der Waals surface area (Å²) >= 11 is 1.61. The number of nitrogens with one attached hydrogen (secondary N) is 1. The molecule has 1 heterocycles. The van der Waals surface area contributed by atoms with Crippen LogP contribution in [0.15, 0.2) is 6.20 Å². The molecule has 0 bridgehead atoms. The smallest absolute Gasteiger partial charge is 0.303 e. The fraction of sp³-hybridized carbons (Fsp3) is 0.545. The third-order valence-electron chi connectivity index (χ3n) is 2.23. The second-order valence-corrected chi connectivity index (χ2v) is 5.17. The molecule has 5 nitrogen and oxygen atoms in total. The lowest BCUT2D eigenvalue weighted by Gasteiger charge is -2.09. The highest BCUT2D eigenvalue weighted by atomic mass is 32.1. The molecule has 94 valence electrons. The maximum absolute atomic E-state index is 11.3. The average Bonchev–Trinajstić information content (AvgIpc) is 2.70. The van der Waals surface area contributed by atoms with Gasteiger partial charge in [-0.05, 0) is 6.92 Å². The van der Waals surface area contributed by atoms with Crippen molar-refractivity contribution in [2.75, 3.05) is 6.54 Å². The van der Waals surface area contributed by atoms with E-state index < -0.39 is 5.97 Å². The van der Waals surface area contributed by atoms with Crippen LogP contribution in [0.4, 0.5) is 0 Å². The maximum Gasteiger partial charge on any atom is 0.303 e. The van der Waals surface area contributed by atoms with Crippen molar-refractivity contribution in [3.05, 3.63) is 16.1 Å². The molecule has 1 aromatic heterocycles. The predicted molar refractivity (Wildman–Crippen MR) is 65.1 cm³/mol. The first-order valence-electron chi connectivity index (χ1n) is 5.40. The minimum absolute atomic E-state index is 0.0267.